The Bertz CT molecular complexity index is 543. The van der Waals surface area contributed by atoms with Crippen molar-refractivity contribution in [3.05, 3.63) is 35.6 Å². The Labute approximate surface area is 132 Å². The summed E-state index contributed by atoms with van der Waals surface area (Å²) < 4.78 is 13.3. The van der Waals surface area contributed by atoms with Crippen LogP contribution in [0.3, 0.4) is 0 Å². The minimum atomic E-state index is -0.169. The first-order chi connectivity index (χ1) is 10.7. The summed E-state index contributed by atoms with van der Waals surface area (Å²) in [7, 11) is 3.85. The molecule has 2 aliphatic heterocycles. The number of halogens is 1. The molecular formula is C18H25FN2O. The molecule has 120 valence electrons. The third kappa shape index (κ3) is 2.65. The smallest absolute Gasteiger partial charge is 0.123 e. The molecule has 1 aromatic rings. The first-order valence-corrected chi connectivity index (χ1v) is 8.23. The van der Waals surface area contributed by atoms with Crippen LogP contribution in [-0.2, 0) is 4.84 Å². The highest BCUT2D eigenvalue weighted by Crippen LogP contribution is 2.47. The molecule has 4 atom stereocenters. The lowest BCUT2D eigenvalue weighted by Gasteiger charge is -2.43. The molecule has 0 spiro atoms. The van der Waals surface area contributed by atoms with Crippen molar-refractivity contribution in [3.63, 3.8) is 0 Å². The summed E-state index contributed by atoms with van der Waals surface area (Å²) in [5.74, 6) is 0.597. The maximum Gasteiger partial charge on any atom is 0.123 e. The SMILES string of the molecule is CCC(=NOC)[C@H]1[C@@H](c2ccc(F)cc2)CC2CC[C@@H]1N2C. The van der Waals surface area contributed by atoms with E-state index in [4.69, 9.17) is 4.84 Å². The minimum absolute atomic E-state index is 0.169. The lowest BCUT2D eigenvalue weighted by atomic mass is 9.73. The molecule has 3 nitrogen and oxygen atoms in total. The van der Waals surface area contributed by atoms with Crippen LogP contribution in [0, 0.1) is 11.7 Å². The van der Waals surface area contributed by atoms with Crippen LogP contribution < -0.4 is 0 Å². The summed E-state index contributed by atoms with van der Waals surface area (Å²) >= 11 is 0. The summed E-state index contributed by atoms with van der Waals surface area (Å²) in [4.78, 5) is 7.62. The number of nitrogens with zero attached hydrogens (tertiary/aromatic N) is 2. The molecule has 22 heavy (non-hydrogen) atoms. The second-order valence-electron chi connectivity index (χ2n) is 6.50. The Kier molecular flexibility index (Phi) is 4.48. The van der Waals surface area contributed by atoms with Crippen molar-refractivity contribution in [1.82, 2.24) is 4.90 Å². The van der Waals surface area contributed by atoms with E-state index in [0.29, 0.717) is 23.9 Å². The van der Waals surface area contributed by atoms with Crippen molar-refractivity contribution < 1.29 is 9.23 Å². The van der Waals surface area contributed by atoms with Gasteiger partial charge >= 0.3 is 0 Å². The van der Waals surface area contributed by atoms with E-state index in [9.17, 15) is 4.39 Å². The molecule has 2 fully saturated rings. The summed E-state index contributed by atoms with van der Waals surface area (Å²) in [5.41, 5.74) is 2.36. The van der Waals surface area contributed by atoms with Gasteiger partial charge in [-0.2, -0.15) is 0 Å². The van der Waals surface area contributed by atoms with Crippen molar-refractivity contribution in [3.8, 4) is 0 Å². The fraction of sp³-hybridized carbons (Fsp3) is 0.611. The topological polar surface area (TPSA) is 24.8 Å². The third-order valence-electron chi connectivity index (χ3n) is 5.52. The zero-order valence-electron chi connectivity index (χ0n) is 13.6. The molecule has 2 bridgehead atoms. The van der Waals surface area contributed by atoms with Gasteiger partial charge in [0, 0.05) is 18.0 Å². The quantitative estimate of drug-likeness (QED) is 0.624. The zero-order valence-corrected chi connectivity index (χ0v) is 13.6. The Morgan fingerprint density at radius 1 is 1.32 bits per heavy atom. The van der Waals surface area contributed by atoms with Crippen LogP contribution in [0.4, 0.5) is 4.39 Å². The molecule has 0 aromatic heterocycles. The normalized spacial score (nSPS) is 32.3. The maximum atomic E-state index is 13.3. The van der Waals surface area contributed by atoms with Gasteiger partial charge in [-0.25, -0.2) is 4.39 Å². The van der Waals surface area contributed by atoms with E-state index in [1.54, 1.807) is 19.2 Å². The monoisotopic (exact) mass is 304 g/mol. The Hall–Kier alpha value is -1.42. The van der Waals surface area contributed by atoms with E-state index >= 15 is 0 Å². The van der Waals surface area contributed by atoms with Crippen LogP contribution >= 0.6 is 0 Å². The summed E-state index contributed by atoms with van der Waals surface area (Å²) in [6.45, 7) is 2.14. The first-order valence-electron chi connectivity index (χ1n) is 8.23. The largest absolute Gasteiger partial charge is 0.399 e. The van der Waals surface area contributed by atoms with Crippen LogP contribution in [0.15, 0.2) is 29.4 Å². The van der Waals surface area contributed by atoms with Gasteiger partial charge in [-0.3, -0.25) is 4.90 Å². The van der Waals surface area contributed by atoms with Crippen LogP contribution in [0.1, 0.15) is 44.1 Å². The van der Waals surface area contributed by atoms with Crippen LogP contribution in [0.5, 0.6) is 0 Å². The lowest BCUT2D eigenvalue weighted by molar-refractivity contribution is 0.127. The molecule has 2 aliphatic rings. The Morgan fingerprint density at radius 3 is 2.68 bits per heavy atom. The van der Waals surface area contributed by atoms with Gasteiger partial charge in [-0.1, -0.05) is 24.2 Å². The molecule has 2 saturated heterocycles. The number of oxime groups is 1. The van der Waals surface area contributed by atoms with Gasteiger partial charge in [0.15, 0.2) is 0 Å². The molecule has 4 heteroatoms. The van der Waals surface area contributed by atoms with E-state index < -0.39 is 0 Å². The molecule has 0 aliphatic carbocycles. The fourth-order valence-electron chi connectivity index (χ4n) is 4.45. The second-order valence-corrected chi connectivity index (χ2v) is 6.50. The fourth-order valence-corrected chi connectivity index (χ4v) is 4.45. The average Bonchev–Trinajstić information content (AvgIpc) is 2.76. The summed E-state index contributed by atoms with van der Waals surface area (Å²) in [6.07, 6.45) is 4.48. The molecule has 0 amide bonds. The molecule has 1 aromatic carbocycles. The molecule has 0 N–H and O–H groups in total. The summed E-state index contributed by atoms with van der Waals surface area (Å²) in [5, 5.41) is 4.33. The van der Waals surface area contributed by atoms with Crippen LogP contribution in [0.25, 0.3) is 0 Å². The maximum absolute atomic E-state index is 13.3. The number of fused-ring (bicyclic) bond motifs is 2. The van der Waals surface area contributed by atoms with Gasteiger partial charge in [-0.15, -0.1) is 0 Å². The Balaban J connectivity index is 1.98. The molecule has 1 unspecified atom stereocenters. The molecule has 0 saturated carbocycles. The molecule has 0 radical (unpaired) electrons. The minimum Gasteiger partial charge on any atom is -0.399 e. The summed E-state index contributed by atoms with van der Waals surface area (Å²) in [6, 6.07) is 8.19. The highest BCUT2D eigenvalue weighted by atomic mass is 19.1. The van der Waals surface area contributed by atoms with Gasteiger partial charge in [0.05, 0.1) is 5.71 Å². The number of hydrogen-bond acceptors (Lipinski definition) is 3. The van der Waals surface area contributed by atoms with Gasteiger partial charge in [0.25, 0.3) is 0 Å². The van der Waals surface area contributed by atoms with Gasteiger partial charge in [0.2, 0.25) is 0 Å². The van der Waals surface area contributed by atoms with Crippen LogP contribution in [-0.4, -0.2) is 36.9 Å². The van der Waals surface area contributed by atoms with Crippen molar-refractivity contribution in [2.45, 2.75) is 50.6 Å². The number of benzene rings is 1. The van der Waals surface area contributed by atoms with E-state index in [2.05, 4.69) is 24.0 Å². The highest BCUT2D eigenvalue weighted by molar-refractivity contribution is 5.88. The number of hydrogen-bond donors (Lipinski definition) is 0. The van der Waals surface area contributed by atoms with Gasteiger partial charge < -0.3 is 4.84 Å². The van der Waals surface area contributed by atoms with E-state index in [1.807, 2.05) is 12.1 Å². The van der Waals surface area contributed by atoms with Gasteiger partial charge in [-0.05, 0) is 56.3 Å². The third-order valence-corrected chi connectivity index (χ3v) is 5.52. The average molecular weight is 304 g/mol. The Morgan fingerprint density at radius 2 is 2.05 bits per heavy atom. The molecular weight excluding hydrogens is 279 g/mol. The standard InChI is InChI=1S/C18H25FN2O/c1-4-16(20-22-3)18-15(12-5-7-13(19)8-6-12)11-14-9-10-17(18)21(14)2/h5-8,14-15,17-18H,4,9-11H2,1-3H3/t14?,15-,17+,18-/m1/s1. The zero-order chi connectivity index (χ0) is 15.7. The molecule has 3 rings (SSSR count). The van der Waals surface area contributed by atoms with E-state index in [0.717, 1.165) is 18.6 Å². The van der Waals surface area contributed by atoms with Crippen molar-refractivity contribution in [2.24, 2.45) is 11.1 Å². The number of piperidine rings is 1. The first kappa shape index (κ1) is 15.5. The van der Waals surface area contributed by atoms with Crippen molar-refractivity contribution in [1.29, 1.82) is 0 Å². The van der Waals surface area contributed by atoms with E-state index in [-0.39, 0.29) is 5.82 Å². The van der Waals surface area contributed by atoms with Gasteiger partial charge in [0.1, 0.15) is 12.9 Å². The van der Waals surface area contributed by atoms with Crippen molar-refractivity contribution >= 4 is 5.71 Å². The lowest BCUT2D eigenvalue weighted by Crippen LogP contribution is -2.48. The van der Waals surface area contributed by atoms with E-state index in [1.165, 1.54) is 18.4 Å². The predicted octanol–water partition coefficient (Wildman–Crippen LogP) is 3.80. The highest BCUT2D eigenvalue weighted by Gasteiger charge is 2.47. The molecule has 2 heterocycles. The predicted molar refractivity (Wildman–Crippen MR) is 86.6 cm³/mol. The van der Waals surface area contributed by atoms with Crippen molar-refractivity contribution in [2.75, 3.05) is 14.2 Å². The van der Waals surface area contributed by atoms with Crippen LogP contribution in [0.2, 0.25) is 0 Å². The number of rotatable bonds is 4. The second kappa shape index (κ2) is 6.37.